The van der Waals surface area contributed by atoms with Gasteiger partial charge in [0, 0.05) is 24.2 Å². The van der Waals surface area contributed by atoms with Crippen LogP contribution in [0.25, 0.3) is 0 Å². The molecule has 2 aromatic rings. The lowest BCUT2D eigenvalue weighted by molar-refractivity contribution is 0.0994. The van der Waals surface area contributed by atoms with Gasteiger partial charge in [-0.3, -0.25) is 14.7 Å². The molecule has 1 fully saturated rings. The Morgan fingerprint density at radius 3 is 2.50 bits per heavy atom. The Bertz CT molecular complexity index is 740. The van der Waals surface area contributed by atoms with E-state index in [-0.39, 0.29) is 29.4 Å². The summed E-state index contributed by atoms with van der Waals surface area (Å²) in [7, 11) is 0. The second-order valence-corrected chi connectivity index (χ2v) is 5.56. The number of carbonyl (C=O) groups excluding carboxylic acids is 1. The maximum atomic E-state index is 14.2. The molecule has 1 aliphatic rings. The molecular formula is C16H16F2N4O2. The van der Waals surface area contributed by atoms with Gasteiger partial charge in [0.05, 0.1) is 12.4 Å². The van der Waals surface area contributed by atoms with E-state index in [1.807, 2.05) is 4.90 Å². The zero-order valence-electron chi connectivity index (χ0n) is 12.8. The molecular weight excluding hydrogens is 318 g/mol. The van der Waals surface area contributed by atoms with Gasteiger partial charge >= 0.3 is 0 Å². The SMILES string of the molecule is NC(=O)c1cncc(Oc2cc(F)c(CN3CCCC3)c(F)c2)n1. The van der Waals surface area contributed by atoms with Gasteiger partial charge in [-0.05, 0) is 25.9 Å². The molecule has 0 unspecified atom stereocenters. The molecule has 6 nitrogen and oxygen atoms in total. The van der Waals surface area contributed by atoms with Gasteiger partial charge in [-0.25, -0.2) is 13.8 Å². The third-order valence-corrected chi connectivity index (χ3v) is 3.78. The standard InChI is InChI=1S/C16H16F2N4O2/c17-12-5-10(24-15-8-20-7-14(21-15)16(19)23)6-13(18)11(12)9-22-3-1-2-4-22/h5-8H,1-4,9H2,(H2,19,23). The van der Waals surface area contributed by atoms with Crippen LogP contribution in [0.1, 0.15) is 28.9 Å². The summed E-state index contributed by atoms with van der Waals surface area (Å²) in [5.41, 5.74) is 5.02. The number of nitrogens with zero attached hydrogens (tertiary/aromatic N) is 3. The first kappa shape index (κ1) is 16.3. The molecule has 1 aliphatic heterocycles. The van der Waals surface area contributed by atoms with Crippen molar-refractivity contribution < 1.29 is 18.3 Å². The Labute approximate surface area is 137 Å². The van der Waals surface area contributed by atoms with E-state index >= 15 is 0 Å². The van der Waals surface area contributed by atoms with Crippen LogP contribution >= 0.6 is 0 Å². The number of carbonyl (C=O) groups is 1. The summed E-state index contributed by atoms with van der Waals surface area (Å²) in [6.45, 7) is 1.91. The Kier molecular flexibility index (Phi) is 4.66. The first-order valence-electron chi connectivity index (χ1n) is 7.53. The lowest BCUT2D eigenvalue weighted by atomic mass is 10.1. The van der Waals surface area contributed by atoms with Crippen LogP contribution in [0.15, 0.2) is 24.5 Å². The van der Waals surface area contributed by atoms with E-state index in [1.54, 1.807) is 0 Å². The number of nitrogens with two attached hydrogens (primary N) is 1. The van der Waals surface area contributed by atoms with E-state index in [4.69, 9.17) is 10.5 Å². The number of amides is 1. The van der Waals surface area contributed by atoms with Gasteiger partial charge in [0.2, 0.25) is 5.88 Å². The fourth-order valence-electron chi connectivity index (χ4n) is 2.59. The summed E-state index contributed by atoms with van der Waals surface area (Å²) in [5, 5.41) is 0. The number of ether oxygens (including phenoxy) is 1. The van der Waals surface area contributed by atoms with Crippen molar-refractivity contribution in [3.05, 3.63) is 47.4 Å². The molecule has 3 rings (SSSR count). The second-order valence-electron chi connectivity index (χ2n) is 5.56. The van der Waals surface area contributed by atoms with Crippen molar-refractivity contribution in [2.75, 3.05) is 13.1 Å². The highest BCUT2D eigenvalue weighted by molar-refractivity contribution is 5.90. The van der Waals surface area contributed by atoms with Crippen molar-refractivity contribution in [1.82, 2.24) is 14.9 Å². The summed E-state index contributed by atoms with van der Waals surface area (Å²) < 4.78 is 33.7. The van der Waals surface area contributed by atoms with Crippen molar-refractivity contribution in [3.63, 3.8) is 0 Å². The van der Waals surface area contributed by atoms with Gasteiger partial charge in [-0.15, -0.1) is 0 Å². The molecule has 8 heteroatoms. The van der Waals surface area contributed by atoms with E-state index in [0.29, 0.717) is 0 Å². The van der Waals surface area contributed by atoms with Crippen LogP contribution in [0.4, 0.5) is 8.78 Å². The van der Waals surface area contributed by atoms with Crippen molar-refractivity contribution in [2.45, 2.75) is 19.4 Å². The molecule has 0 bridgehead atoms. The van der Waals surface area contributed by atoms with Crippen molar-refractivity contribution in [2.24, 2.45) is 5.73 Å². The highest BCUT2D eigenvalue weighted by Gasteiger charge is 2.18. The van der Waals surface area contributed by atoms with Crippen LogP contribution in [0.5, 0.6) is 11.6 Å². The Morgan fingerprint density at radius 1 is 1.21 bits per heavy atom. The first-order valence-corrected chi connectivity index (χ1v) is 7.53. The quantitative estimate of drug-likeness (QED) is 0.907. The Morgan fingerprint density at radius 2 is 1.88 bits per heavy atom. The molecule has 0 radical (unpaired) electrons. The molecule has 24 heavy (non-hydrogen) atoms. The Hall–Kier alpha value is -2.61. The monoisotopic (exact) mass is 334 g/mol. The predicted octanol–water partition coefficient (Wildman–Crippen LogP) is 2.24. The Balaban J connectivity index is 1.79. The third-order valence-electron chi connectivity index (χ3n) is 3.78. The third kappa shape index (κ3) is 3.65. The number of halogens is 2. The highest BCUT2D eigenvalue weighted by atomic mass is 19.1. The van der Waals surface area contributed by atoms with E-state index < -0.39 is 17.5 Å². The molecule has 1 aromatic carbocycles. The molecule has 0 spiro atoms. The molecule has 1 saturated heterocycles. The number of hydrogen-bond donors (Lipinski definition) is 1. The number of likely N-dealkylation sites (tertiary alicyclic amines) is 1. The zero-order valence-corrected chi connectivity index (χ0v) is 12.8. The molecule has 1 amide bonds. The minimum atomic E-state index is -0.772. The van der Waals surface area contributed by atoms with Gasteiger partial charge in [0.1, 0.15) is 23.1 Å². The van der Waals surface area contributed by atoms with E-state index in [1.165, 1.54) is 12.4 Å². The van der Waals surface area contributed by atoms with Gasteiger partial charge in [-0.2, -0.15) is 0 Å². The van der Waals surface area contributed by atoms with Crippen LogP contribution in [0.2, 0.25) is 0 Å². The topological polar surface area (TPSA) is 81.3 Å². The molecule has 1 aromatic heterocycles. The van der Waals surface area contributed by atoms with Gasteiger partial charge in [0.25, 0.3) is 5.91 Å². The summed E-state index contributed by atoms with van der Waals surface area (Å²) in [6.07, 6.45) is 4.48. The van der Waals surface area contributed by atoms with Gasteiger partial charge in [-0.1, -0.05) is 0 Å². The van der Waals surface area contributed by atoms with E-state index in [2.05, 4.69) is 9.97 Å². The average Bonchev–Trinajstić information content (AvgIpc) is 3.04. The summed E-state index contributed by atoms with van der Waals surface area (Å²) in [5.74, 6) is -2.28. The minimum absolute atomic E-state index is 0.0150. The fourth-order valence-corrected chi connectivity index (χ4v) is 2.59. The molecule has 2 N–H and O–H groups in total. The molecule has 2 heterocycles. The smallest absolute Gasteiger partial charge is 0.269 e. The molecule has 0 atom stereocenters. The average molecular weight is 334 g/mol. The fraction of sp³-hybridized carbons (Fsp3) is 0.312. The van der Waals surface area contributed by atoms with Crippen LogP contribution in [-0.2, 0) is 6.54 Å². The second kappa shape index (κ2) is 6.88. The van der Waals surface area contributed by atoms with Crippen LogP contribution in [0.3, 0.4) is 0 Å². The normalized spacial score (nSPS) is 14.8. The molecule has 0 aliphatic carbocycles. The zero-order chi connectivity index (χ0) is 17.1. The lowest BCUT2D eigenvalue weighted by Crippen LogP contribution is -2.20. The van der Waals surface area contributed by atoms with Crippen molar-refractivity contribution in [1.29, 1.82) is 0 Å². The predicted molar refractivity (Wildman–Crippen MR) is 81.5 cm³/mol. The van der Waals surface area contributed by atoms with Crippen LogP contribution in [-0.4, -0.2) is 33.9 Å². The van der Waals surface area contributed by atoms with Crippen LogP contribution in [0, 0.1) is 11.6 Å². The van der Waals surface area contributed by atoms with E-state index in [9.17, 15) is 13.6 Å². The minimum Gasteiger partial charge on any atom is -0.437 e. The number of rotatable bonds is 5. The molecule has 126 valence electrons. The first-order chi connectivity index (χ1) is 11.5. The number of aromatic nitrogens is 2. The summed E-state index contributed by atoms with van der Waals surface area (Å²) in [6, 6.07) is 2.18. The summed E-state index contributed by atoms with van der Waals surface area (Å²) in [4.78, 5) is 20.6. The number of hydrogen-bond acceptors (Lipinski definition) is 5. The largest absolute Gasteiger partial charge is 0.437 e. The van der Waals surface area contributed by atoms with Gasteiger partial charge < -0.3 is 10.5 Å². The number of primary amides is 1. The molecule has 0 saturated carbocycles. The summed E-state index contributed by atoms with van der Waals surface area (Å²) >= 11 is 0. The van der Waals surface area contributed by atoms with Crippen molar-refractivity contribution >= 4 is 5.91 Å². The van der Waals surface area contributed by atoms with Crippen LogP contribution < -0.4 is 10.5 Å². The van der Waals surface area contributed by atoms with E-state index in [0.717, 1.165) is 38.1 Å². The lowest BCUT2D eigenvalue weighted by Gasteiger charge is -2.16. The number of benzene rings is 1. The highest BCUT2D eigenvalue weighted by Crippen LogP contribution is 2.26. The maximum absolute atomic E-state index is 14.2. The van der Waals surface area contributed by atoms with Crippen molar-refractivity contribution in [3.8, 4) is 11.6 Å². The van der Waals surface area contributed by atoms with Gasteiger partial charge in [0.15, 0.2) is 0 Å². The maximum Gasteiger partial charge on any atom is 0.269 e.